The van der Waals surface area contributed by atoms with Crippen molar-refractivity contribution in [1.29, 1.82) is 0 Å². The van der Waals surface area contributed by atoms with E-state index in [1.54, 1.807) is 0 Å². The first-order valence-corrected chi connectivity index (χ1v) is 11.2. The highest BCUT2D eigenvalue weighted by molar-refractivity contribution is 7.16. The van der Waals surface area contributed by atoms with E-state index in [0.717, 1.165) is 11.3 Å². The molecule has 4 heterocycles. The van der Waals surface area contributed by atoms with Crippen LogP contribution in [0.5, 0.6) is 0 Å². The number of hydrogen-bond acceptors (Lipinski definition) is 7. The first kappa shape index (κ1) is 23.2. The maximum Gasteiger partial charge on any atom is 0.297 e. The summed E-state index contributed by atoms with van der Waals surface area (Å²) in [6.45, 7) is 0.411. The van der Waals surface area contributed by atoms with Gasteiger partial charge in [0, 0.05) is 53.8 Å². The summed E-state index contributed by atoms with van der Waals surface area (Å²) in [5.74, 6) is -3.70. The number of nitrogens with zero attached hydrogens (tertiary/aromatic N) is 3. The summed E-state index contributed by atoms with van der Waals surface area (Å²) in [6.07, 6.45) is 3.84. The second kappa shape index (κ2) is 9.11. The van der Waals surface area contributed by atoms with Crippen LogP contribution in [0.1, 0.15) is 23.3 Å². The molecule has 4 rings (SSSR count). The molecular formula is C21H22ClF3N4O2S. The molecule has 0 aromatic carbocycles. The Morgan fingerprint density at radius 2 is 2.16 bits per heavy atom. The zero-order valence-corrected chi connectivity index (χ0v) is 18.6. The molecule has 2 aliphatic heterocycles. The number of alkyl halides is 2. The molecule has 3 N–H and O–H groups in total. The zero-order valence-electron chi connectivity index (χ0n) is 17.0. The van der Waals surface area contributed by atoms with Crippen LogP contribution in [0.25, 0.3) is 0 Å². The fourth-order valence-corrected chi connectivity index (χ4v) is 5.45. The highest BCUT2D eigenvalue weighted by atomic mass is 35.5. The van der Waals surface area contributed by atoms with Crippen molar-refractivity contribution in [3.63, 3.8) is 0 Å². The van der Waals surface area contributed by atoms with Crippen LogP contribution in [-0.4, -0.2) is 54.1 Å². The molecule has 1 saturated heterocycles. The van der Waals surface area contributed by atoms with Gasteiger partial charge in [0.2, 0.25) is 0 Å². The lowest BCUT2D eigenvalue weighted by Crippen LogP contribution is -2.49. The molecule has 0 amide bonds. The smallest absolute Gasteiger partial charge is 0.297 e. The summed E-state index contributed by atoms with van der Waals surface area (Å²) >= 11 is 7.20. The molecule has 0 saturated carbocycles. The number of aromatic nitrogens is 1. The molecular weight excluding hydrogens is 465 g/mol. The van der Waals surface area contributed by atoms with Gasteiger partial charge in [-0.3, -0.25) is 4.90 Å². The van der Waals surface area contributed by atoms with Crippen molar-refractivity contribution in [1.82, 2.24) is 9.88 Å². The van der Waals surface area contributed by atoms with E-state index >= 15 is 0 Å². The Morgan fingerprint density at radius 1 is 1.41 bits per heavy atom. The van der Waals surface area contributed by atoms with Gasteiger partial charge >= 0.3 is 0 Å². The predicted octanol–water partition coefficient (Wildman–Crippen LogP) is 3.96. The molecule has 172 valence electrons. The van der Waals surface area contributed by atoms with E-state index in [1.165, 1.54) is 30.6 Å². The summed E-state index contributed by atoms with van der Waals surface area (Å²) < 4.78 is 48.4. The van der Waals surface area contributed by atoms with Crippen molar-refractivity contribution in [3.05, 3.63) is 56.3 Å². The summed E-state index contributed by atoms with van der Waals surface area (Å²) in [5.41, 5.74) is 5.86. The third-order valence-electron chi connectivity index (χ3n) is 5.76. The van der Waals surface area contributed by atoms with Crippen molar-refractivity contribution in [2.45, 2.75) is 24.4 Å². The van der Waals surface area contributed by atoms with Gasteiger partial charge in [-0.05, 0) is 31.0 Å². The number of aliphatic hydroxyl groups excluding tert-OH is 1. The number of nitrogens with two attached hydrogens (primary N) is 1. The quantitative estimate of drug-likeness (QED) is 0.625. The highest BCUT2D eigenvalue weighted by Crippen LogP contribution is 2.52. The van der Waals surface area contributed by atoms with Crippen LogP contribution in [0.4, 0.5) is 19.0 Å². The van der Waals surface area contributed by atoms with Gasteiger partial charge in [-0.25, -0.2) is 14.4 Å². The van der Waals surface area contributed by atoms with Gasteiger partial charge in [0.15, 0.2) is 11.6 Å². The number of halogens is 4. The second-order valence-electron chi connectivity index (χ2n) is 7.83. The van der Waals surface area contributed by atoms with Gasteiger partial charge in [0.05, 0.1) is 10.9 Å². The number of aliphatic hydroxyl groups is 1. The minimum absolute atomic E-state index is 0.0400. The van der Waals surface area contributed by atoms with E-state index in [2.05, 4.69) is 14.9 Å². The van der Waals surface area contributed by atoms with E-state index in [4.69, 9.17) is 22.1 Å². The van der Waals surface area contributed by atoms with E-state index in [9.17, 15) is 18.3 Å². The average Bonchev–Trinajstić information content (AvgIpc) is 3.20. The fraction of sp³-hybridized carbons (Fsp3) is 0.429. The Kier molecular flexibility index (Phi) is 6.60. The van der Waals surface area contributed by atoms with Crippen LogP contribution in [-0.2, 0) is 16.3 Å². The van der Waals surface area contributed by atoms with E-state index in [1.807, 2.05) is 0 Å². The number of hydrogen-bond donors (Lipinski definition) is 2. The first-order chi connectivity index (χ1) is 15.2. The van der Waals surface area contributed by atoms with Crippen molar-refractivity contribution in [2.24, 2.45) is 10.7 Å². The number of aliphatic imine (C=N–C) groups is 1. The van der Waals surface area contributed by atoms with Crippen LogP contribution in [0, 0.1) is 5.82 Å². The Balaban J connectivity index is 1.48. The zero-order chi connectivity index (χ0) is 22.9. The standard InChI is InChI=1S/C21H22ClF3N4O2S/c22-17-8-14-18(32-17)20(31-12-21(14,24)25)3-6-29(7-4-20)10-13(16(26)11-30)9-28-19-15(23)2-1-5-27-19/h1-2,5,8-9,30H,3-4,6-7,10-12,26H2. The normalized spacial score (nSPS) is 21.0. The molecule has 1 spiro atoms. The molecule has 2 aliphatic rings. The summed E-state index contributed by atoms with van der Waals surface area (Å²) in [4.78, 5) is 10.5. The lowest BCUT2D eigenvalue weighted by Gasteiger charge is -2.45. The van der Waals surface area contributed by atoms with Crippen LogP contribution >= 0.6 is 22.9 Å². The van der Waals surface area contributed by atoms with Crippen molar-refractivity contribution < 1.29 is 23.0 Å². The summed E-state index contributed by atoms with van der Waals surface area (Å²) in [6, 6.07) is 4.06. The third kappa shape index (κ3) is 4.55. The number of thiophene rings is 1. The SMILES string of the molecule is NC(CO)=C(C=Nc1ncccc1F)CN1CCC2(CC1)OCC(F)(F)c1cc(Cl)sc12. The molecule has 2 aromatic rings. The van der Waals surface area contributed by atoms with Crippen LogP contribution in [0.3, 0.4) is 0 Å². The number of ether oxygens (including phenoxy) is 1. The molecule has 6 nitrogen and oxygen atoms in total. The summed E-state index contributed by atoms with van der Waals surface area (Å²) in [5, 5.41) is 9.49. The van der Waals surface area contributed by atoms with Crippen molar-refractivity contribution in [3.8, 4) is 0 Å². The highest BCUT2D eigenvalue weighted by Gasteiger charge is 2.51. The van der Waals surface area contributed by atoms with Crippen LogP contribution in [0.2, 0.25) is 4.34 Å². The minimum atomic E-state index is -3.05. The van der Waals surface area contributed by atoms with Gasteiger partial charge < -0.3 is 15.6 Å². The number of piperidine rings is 1. The molecule has 11 heteroatoms. The number of fused-ring (bicyclic) bond motifs is 2. The Bertz CT molecular complexity index is 1050. The van der Waals surface area contributed by atoms with Crippen molar-refractivity contribution in [2.75, 3.05) is 32.8 Å². The number of rotatable bonds is 5. The lowest BCUT2D eigenvalue weighted by molar-refractivity contribution is -0.181. The molecule has 0 radical (unpaired) electrons. The Labute approximate surface area is 192 Å². The maximum absolute atomic E-state index is 14.3. The molecule has 0 bridgehead atoms. The van der Waals surface area contributed by atoms with Gasteiger partial charge in [0.1, 0.15) is 12.2 Å². The molecule has 2 aromatic heterocycles. The first-order valence-electron chi connectivity index (χ1n) is 10.0. The monoisotopic (exact) mass is 486 g/mol. The van der Waals surface area contributed by atoms with Crippen molar-refractivity contribution >= 4 is 35.0 Å². The third-order valence-corrected chi connectivity index (χ3v) is 7.21. The molecule has 0 atom stereocenters. The molecule has 1 fully saturated rings. The minimum Gasteiger partial charge on any atom is -0.400 e. The predicted molar refractivity (Wildman–Crippen MR) is 117 cm³/mol. The maximum atomic E-state index is 14.3. The van der Waals surface area contributed by atoms with Crippen LogP contribution in [0.15, 0.2) is 40.7 Å². The number of pyridine rings is 1. The fourth-order valence-electron chi connectivity index (χ4n) is 3.97. The largest absolute Gasteiger partial charge is 0.400 e. The lowest BCUT2D eigenvalue weighted by atomic mass is 9.84. The molecule has 0 unspecified atom stereocenters. The van der Waals surface area contributed by atoms with Gasteiger partial charge in [-0.1, -0.05) is 11.6 Å². The van der Waals surface area contributed by atoms with E-state index in [0.29, 0.717) is 47.3 Å². The topological polar surface area (TPSA) is 84.0 Å². The summed E-state index contributed by atoms with van der Waals surface area (Å²) in [7, 11) is 0. The van der Waals surface area contributed by atoms with Gasteiger partial charge in [0.25, 0.3) is 5.92 Å². The number of likely N-dealkylation sites (tertiary alicyclic amines) is 1. The van der Waals surface area contributed by atoms with E-state index in [-0.39, 0.29) is 23.7 Å². The second-order valence-corrected chi connectivity index (χ2v) is 9.52. The van der Waals surface area contributed by atoms with E-state index < -0.39 is 23.9 Å². The van der Waals surface area contributed by atoms with Gasteiger partial charge in [-0.2, -0.15) is 8.78 Å². The Hall–Kier alpha value is -1.98. The average molecular weight is 487 g/mol. The van der Waals surface area contributed by atoms with Crippen LogP contribution < -0.4 is 5.73 Å². The molecule has 32 heavy (non-hydrogen) atoms. The molecule has 0 aliphatic carbocycles. The Morgan fingerprint density at radius 3 is 2.84 bits per heavy atom. The van der Waals surface area contributed by atoms with Gasteiger partial charge in [-0.15, -0.1) is 11.3 Å².